The van der Waals surface area contributed by atoms with Crippen LogP contribution in [0.25, 0.3) is 11.1 Å². The number of aryl methyl sites for hydroxylation is 1. The molecule has 1 aromatic carbocycles. The Kier molecular flexibility index (Phi) is 5.88. The molecular formula is C24H31FN8. The molecule has 1 saturated heterocycles. The van der Waals surface area contributed by atoms with E-state index >= 15 is 0 Å². The first-order chi connectivity index (χ1) is 16.0. The van der Waals surface area contributed by atoms with Gasteiger partial charge in [0.05, 0.1) is 12.7 Å². The lowest BCUT2D eigenvalue weighted by molar-refractivity contribution is 0.312. The molecule has 33 heavy (non-hydrogen) atoms. The first-order valence-corrected chi connectivity index (χ1v) is 11.6. The second kappa shape index (κ2) is 8.97. The Labute approximate surface area is 193 Å². The van der Waals surface area contributed by atoms with Gasteiger partial charge in [0, 0.05) is 56.6 Å². The Balaban J connectivity index is 1.41. The third-order valence-corrected chi connectivity index (χ3v) is 6.71. The van der Waals surface area contributed by atoms with E-state index in [0.29, 0.717) is 12.0 Å². The summed E-state index contributed by atoms with van der Waals surface area (Å²) in [4.78, 5) is 16.1. The Morgan fingerprint density at radius 1 is 1.03 bits per heavy atom. The van der Waals surface area contributed by atoms with Crippen molar-refractivity contribution in [2.24, 2.45) is 0 Å². The van der Waals surface area contributed by atoms with E-state index in [1.54, 1.807) is 10.9 Å². The normalized spacial score (nSPS) is 19.1. The molecule has 4 heterocycles. The molecule has 0 amide bonds. The van der Waals surface area contributed by atoms with E-state index in [1.165, 1.54) is 11.1 Å². The van der Waals surface area contributed by atoms with E-state index < -0.39 is 6.67 Å². The molecule has 0 radical (unpaired) electrons. The lowest BCUT2D eigenvalue weighted by atomic mass is 9.92. The van der Waals surface area contributed by atoms with Crippen LogP contribution in [0, 0.1) is 0 Å². The van der Waals surface area contributed by atoms with Crippen molar-refractivity contribution in [3.05, 3.63) is 47.8 Å². The summed E-state index contributed by atoms with van der Waals surface area (Å²) in [6, 6.07) is 8.93. The Morgan fingerprint density at radius 3 is 2.61 bits per heavy atom. The van der Waals surface area contributed by atoms with Gasteiger partial charge >= 0.3 is 0 Å². The van der Waals surface area contributed by atoms with E-state index in [4.69, 9.17) is 5.73 Å². The zero-order valence-electron chi connectivity index (χ0n) is 19.3. The van der Waals surface area contributed by atoms with Gasteiger partial charge in [-0.15, -0.1) is 0 Å². The zero-order chi connectivity index (χ0) is 22.9. The van der Waals surface area contributed by atoms with Crippen LogP contribution in [-0.4, -0.2) is 70.6 Å². The number of rotatable bonds is 5. The molecule has 1 atom stereocenters. The van der Waals surface area contributed by atoms with Crippen LogP contribution in [-0.2, 0) is 19.5 Å². The Hall–Kier alpha value is -3.20. The van der Waals surface area contributed by atoms with Crippen LogP contribution in [0.3, 0.4) is 0 Å². The number of aromatic nitrogens is 4. The van der Waals surface area contributed by atoms with E-state index in [0.717, 1.165) is 61.9 Å². The maximum atomic E-state index is 12.7. The lowest BCUT2D eigenvalue weighted by Gasteiger charge is -2.37. The molecule has 0 bridgehead atoms. The molecule has 0 saturated carbocycles. The maximum absolute atomic E-state index is 12.7. The number of hydrogen-bond acceptors (Lipinski definition) is 7. The second-order valence-corrected chi connectivity index (χ2v) is 9.08. The fourth-order valence-corrected chi connectivity index (χ4v) is 4.73. The van der Waals surface area contributed by atoms with E-state index in [9.17, 15) is 4.39 Å². The van der Waals surface area contributed by atoms with Gasteiger partial charge in [0.2, 0.25) is 5.95 Å². The predicted octanol–water partition coefficient (Wildman–Crippen LogP) is 2.59. The molecule has 1 unspecified atom stereocenters. The minimum absolute atomic E-state index is 0.279. The van der Waals surface area contributed by atoms with Gasteiger partial charge in [-0.05, 0) is 43.1 Å². The summed E-state index contributed by atoms with van der Waals surface area (Å²) in [7, 11) is 2.14. The number of alkyl halides is 1. The van der Waals surface area contributed by atoms with Crippen molar-refractivity contribution in [3.63, 3.8) is 0 Å². The average Bonchev–Trinajstić information content (AvgIpc) is 3.27. The summed E-state index contributed by atoms with van der Waals surface area (Å²) >= 11 is 0. The van der Waals surface area contributed by atoms with Crippen LogP contribution in [0.2, 0.25) is 0 Å². The second-order valence-electron chi connectivity index (χ2n) is 9.08. The van der Waals surface area contributed by atoms with E-state index in [1.807, 2.05) is 6.20 Å². The monoisotopic (exact) mass is 450 g/mol. The topological polar surface area (TPSA) is 79.3 Å². The van der Waals surface area contributed by atoms with Gasteiger partial charge in [-0.3, -0.25) is 4.68 Å². The van der Waals surface area contributed by atoms with Crippen molar-refractivity contribution >= 4 is 17.6 Å². The molecule has 8 nitrogen and oxygen atoms in total. The minimum Gasteiger partial charge on any atom is -0.368 e. The number of benzene rings is 1. The molecule has 2 aliphatic heterocycles. The van der Waals surface area contributed by atoms with Gasteiger partial charge in [0.25, 0.3) is 0 Å². The highest BCUT2D eigenvalue weighted by atomic mass is 19.1. The van der Waals surface area contributed by atoms with E-state index in [2.05, 4.69) is 68.0 Å². The quantitative estimate of drug-likeness (QED) is 0.640. The van der Waals surface area contributed by atoms with Crippen molar-refractivity contribution in [1.82, 2.24) is 24.6 Å². The fourth-order valence-electron chi connectivity index (χ4n) is 4.73. The molecule has 9 heteroatoms. The summed E-state index contributed by atoms with van der Waals surface area (Å²) < 4.78 is 14.3. The highest BCUT2D eigenvalue weighted by Crippen LogP contribution is 2.32. The Morgan fingerprint density at radius 2 is 1.82 bits per heavy atom. The lowest BCUT2D eigenvalue weighted by Crippen LogP contribution is -2.45. The number of likely N-dealkylation sites (N-methyl/N-ethyl adjacent to an activating group) is 1. The third-order valence-electron chi connectivity index (χ3n) is 6.71. The average molecular weight is 451 g/mol. The summed E-state index contributed by atoms with van der Waals surface area (Å²) in [5.41, 5.74) is 10.8. The smallest absolute Gasteiger partial charge is 0.223 e. The molecule has 174 valence electrons. The minimum atomic E-state index is -0.420. The number of halogens is 1. The number of fused-ring (bicyclic) bond motifs is 1. The molecule has 0 spiro atoms. The number of piperazine rings is 1. The molecule has 1 fully saturated rings. The number of hydrogen-bond donors (Lipinski definition) is 1. The molecule has 2 aromatic heterocycles. The zero-order valence-corrected chi connectivity index (χ0v) is 19.3. The molecule has 3 aromatic rings. The summed E-state index contributed by atoms with van der Waals surface area (Å²) in [6.45, 7) is 6.73. The third kappa shape index (κ3) is 4.50. The van der Waals surface area contributed by atoms with Crippen LogP contribution in [0.15, 0.2) is 36.7 Å². The van der Waals surface area contributed by atoms with Gasteiger partial charge in [0.1, 0.15) is 18.3 Å². The van der Waals surface area contributed by atoms with Gasteiger partial charge in [-0.2, -0.15) is 15.1 Å². The highest BCUT2D eigenvalue weighted by molar-refractivity contribution is 5.65. The van der Waals surface area contributed by atoms with Gasteiger partial charge in [-0.25, -0.2) is 4.39 Å². The van der Waals surface area contributed by atoms with Crippen molar-refractivity contribution in [3.8, 4) is 11.1 Å². The van der Waals surface area contributed by atoms with Gasteiger partial charge < -0.3 is 20.4 Å². The predicted molar refractivity (Wildman–Crippen MR) is 129 cm³/mol. The van der Waals surface area contributed by atoms with Crippen LogP contribution in [0.4, 0.5) is 22.0 Å². The van der Waals surface area contributed by atoms with Crippen LogP contribution >= 0.6 is 0 Å². The SMILES string of the molecule is CC1Cc2ccc(-c3cnn(CCF)c3)cc2CN1c1cc(N2CCN(C)CC2)nc(N)n1. The molecule has 2 N–H and O–H groups in total. The fraction of sp³-hybridized carbons (Fsp3) is 0.458. The van der Waals surface area contributed by atoms with Crippen LogP contribution in [0.5, 0.6) is 0 Å². The number of anilines is 3. The molecule has 2 aliphatic rings. The summed E-state index contributed by atoms with van der Waals surface area (Å²) in [6.07, 6.45) is 4.64. The van der Waals surface area contributed by atoms with Crippen molar-refractivity contribution in [2.45, 2.75) is 32.5 Å². The molecule has 0 aliphatic carbocycles. The maximum Gasteiger partial charge on any atom is 0.223 e. The van der Waals surface area contributed by atoms with Crippen molar-refractivity contribution < 1.29 is 4.39 Å². The number of nitrogens with zero attached hydrogens (tertiary/aromatic N) is 7. The first-order valence-electron chi connectivity index (χ1n) is 11.6. The summed E-state index contributed by atoms with van der Waals surface area (Å²) in [5, 5.41) is 4.27. The number of nitrogen functional groups attached to an aromatic ring is 1. The van der Waals surface area contributed by atoms with Crippen LogP contribution < -0.4 is 15.5 Å². The Bertz CT molecular complexity index is 1120. The highest BCUT2D eigenvalue weighted by Gasteiger charge is 2.26. The largest absolute Gasteiger partial charge is 0.368 e. The molecule has 5 rings (SSSR count). The van der Waals surface area contributed by atoms with Crippen molar-refractivity contribution in [2.75, 3.05) is 55.4 Å². The van der Waals surface area contributed by atoms with Gasteiger partial charge in [0.15, 0.2) is 0 Å². The van der Waals surface area contributed by atoms with Crippen LogP contribution in [0.1, 0.15) is 18.1 Å². The standard InChI is InChI=1S/C24H31FN8/c1-17-11-18-3-4-19(21-14-27-32(15-21)6-5-25)12-20(18)16-33(17)23-13-22(28-24(26)29-23)31-9-7-30(2)8-10-31/h3-4,12-15,17H,5-11,16H2,1-2H3,(H2,26,28,29). The summed E-state index contributed by atoms with van der Waals surface area (Å²) in [5.74, 6) is 2.09. The first kappa shape index (κ1) is 21.6. The van der Waals surface area contributed by atoms with Gasteiger partial charge in [-0.1, -0.05) is 12.1 Å². The van der Waals surface area contributed by atoms with Crippen molar-refractivity contribution in [1.29, 1.82) is 0 Å². The molecular weight excluding hydrogens is 419 g/mol. The number of nitrogens with two attached hydrogens (primary N) is 1. The van der Waals surface area contributed by atoms with E-state index in [-0.39, 0.29) is 6.54 Å².